The van der Waals surface area contributed by atoms with Gasteiger partial charge in [0.2, 0.25) is 5.91 Å². The lowest BCUT2D eigenvalue weighted by molar-refractivity contribution is -0.116. The van der Waals surface area contributed by atoms with Crippen molar-refractivity contribution in [3.05, 3.63) is 59.4 Å². The highest BCUT2D eigenvalue weighted by Gasteiger charge is 2.21. The molecule has 0 aliphatic heterocycles. The van der Waals surface area contributed by atoms with Crippen LogP contribution in [0.15, 0.2) is 47.6 Å². The van der Waals surface area contributed by atoms with E-state index in [2.05, 4.69) is 30.1 Å². The molecule has 0 aliphatic carbocycles. The smallest absolute Gasteiger partial charge is 0.237 e. The number of carbonyl (C=O) groups excluding carboxylic acids is 1. The van der Waals surface area contributed by atoms with Crippen molar-refractivity contribution in [2.24, 2.45) is 5.92 Å². The van der Waals surface area contributed by atoms with Crippen molar-refractivity contribution in [2.45, 2.75) is 45.8 Å². The van der Waals surface area contributed by atoms with Crippen LogP contribution in [0.5, 0.6) is 0 Å². The van der Waals surface area contributed by atoms with Crippen molar-refractivity contribution in [1.29, 1.82) is 5.26 Å². The van der Waals surface area contributed by atoms with E-state index in [1.807, 2.05) is 36.6 Å². The van der Waals surface area contributed by atoms with Crippen molar-refractivity contribution in [1.82, 2.24) is 14.8 Å². The van der Waals surface area contributed by atoms with Gasteiger partial charge in [-0.25, -0.2) is 4.39 Å². The molecule has 0 fully saturated rings. The number of amides is 1. The molecule has 3 rings (SSSR count). The number of nitrogens with zero attached hydrogens (tertiary/aromatic N) is 5. The van der Waals surface area contributed by atoms with E-state index in [4.69, 9.17) is 5.26 Å². The van der Waals surface area contributed by atoms with Crippen LogP contribution < -0.4 is 4.90 Å². The van der Waals surface area contributed by atoms with Crippen LogP contribution in [0, 0.1) is 36.9 Å². The molecule has 0 aliphatic rings. The number of aryl methyl sites for hydroxylation is 2. The number of carbonyl (C=O) groups is 1. The maximum Gasteiger partial charge on any atom is 0.237 e. The van der Waals surface area contributed by atoms with E-state index in [-0.39, 0.29) is 29.8 Å². The van der Waals surface area contributed by atoms with Gasteiger partial charge in [-0.05, 0) is 55.2 Å². The summed E-state index contributed by atoms with van der Waals surface area (Å²) in [6, 6.07) is 14.5. The molecule has 1 heterocycles. The van der Waals surface area contributed by atoms with Gasteiger partial charge in [0.1, 0.15) is 5.82 Å². The summed E-state index contributed by atoms with van der Waals surface area (Å²) < 4.78 is 16.3. The Hall–Kier alpha value is -3.18. The maximum absolute atomic E-state index is 14.4. The summed E-state index contributed by atoms with van der Waals surface area (Å²) >= 11 is 1.28. The Morgan fingerprint density at radius 2 is 1.88 bits per heavy atom. The lowest BCUT2D eigenvalue weighted by Gasteiger charge is -2.23. The third kappa shape index (κ3) is 6.20. The standard InChI is InChI=1S/C25H28FN5OS/c1-17(2)15-31-24(21-8-5-6-9-22(21)26)28-29-25(31)33-16-23(32)30(11-7-10-27)20-13-18(3)12-19(4)14-20/h5-6,8-9,12-14,17H,7,11,15-16H2,1-4H3. The van der Waals surface area contributed by atoms with Crippen LogP contribution in [0.4, 0.5) is 10.1 Å². The van der Waals surface area contributed by atoms with E-state index < -0.39 is 0 Å². The van der Waals surface area contributed by atoms with Crippen LogP contribution >= 0.6 is 11.8 Å². The van der Waals surface area contributed by atoms with Crippen LogP contribution in [-0.4, -0.2) is 33.0 Å². The first-order valence-electron chi connectivity index (χ1n) is 10.9. The summed E-state index contributed by atoms with van der Waals surface area (Å²) in [6.45, 7) is 9.01. The van der Waals surface area contributed by atoms with Crippen molar-refractivity contribution in [2.75, 3.05) is 17.2 Å². The summed E-state index contributed by atoms with van der Waals surface area (Å²) in [5.41, 5.74) is 3.27. The number of nitriles is 1. The van der Waals surface area contributed by atoms with Gasteiger partial charge in [-0.15, -0.1) is 10.2 Å². The molecule has 0 bridgehead atoms. The molecule has 8 heteroatoms. The summed E-state index contributed by atoms with van der Waals surface area (Å²) in [5, 5.41) is 18.1. The normalized spacial score (nSPS) is 10.9. The lowest BCUT2D eigenvalue weighted by atomic mass is 10.1. The highest BCUT2D eigenvalue weighted by Crippen LogP contribution is 2.28. The molecule has 0 unspecified atom stereocenters. The topological polar surface area (TPSA) is 74.8 Å². The van der Waals surface area contributed by atoms with Crippen LogP contribution in [0.25, 0.3) is 11.4 Å². The number of hydrogen-bond acceptors (Lipinski definition) is 5. The molecule has 0 spiro atoms. The summed E-state index contributed by atoms with van der Waals surface area (Å²) in [4.78, 5) is 14.8. The summed E-state index contributed by atoms with van der Waals surface area (Å²) in [7, 11) is 0. The number of halogens is 1. The SMILES string of the molecule is Cc1cc(C)cc(N(CCC#N)C(=O)CSc2nnc(-c3ccccc3F)n2CC(C)C)c1. The highest BCUT2D eigenvalue weighted by molar-refractivity contribution is 7.99. The van der Waals surface area contributed by atoms with Crippen molar-refractivity contribution in [3.63, 3.8) is 0 Å². The molecule has 0 saturated heterocycles. The van der Waals surface area contributed by atoms with E-state index in [9.17, 15) is 9.18 Å². The van der Waals surface area contributed by atoms with Crippen molar-refractivity contribution >= 4 is 23.4 Å². The predicted molar refractivity (Wildman–Crippen MR) is 129 cm³/mol. The first-order valence-corrected chi connectivity index (χ1v) is 11.8. The minimum atomic E-state index is -0.361. The second kappa shape index (κ2) is 11.1. The molecule has 1 amide bonds. The second-order valence-corrected chi connectivity index (χ2v) is 9.32. The lowest BCUT2D eigenvalue weighted by Crippen LogP contribution is -2.33. The molecule has 172 valence electrons. The third-order valence-corrected chi connectivity index (χ3v) is 5.92. The van der Waals surface area contributed by atoms with Crippen molar-refractivity contribution in [3.8, 4) is 17.5 Å². The van der Waals surface area contributed by atoms with E-state index in [1.165, 1.54) is 17.8 Å². The summed E-state index contributed by atoms with van der Waals surface area (Å²) in [6.07, 6.45) is 0.240. The van der Waals surface area contributed by atoms with E-state index in [0.29, 0.717) is 29.6 Å². The Kier molecular flexibility index (Phi) is 8.23. The van der Waals surface area contributed by atoms with Gasteiger partial charge in [-0.1, -0.05) is 43.8 Å². The van der Waals surface area contributed by atoms with Crippen LogP contribution in [0.3, 0.4) is 0 Å². The number of benzene rings is 2. The molecule has 0 radical (unpaired) electrons. The van der Waals surface area contributed by atoms with Gasteiger partial charge in [0.25, 0.3) is 0 Å². The Labute approximate surface area is 198 Å². The van der Waals surface area contributed by atoms with E-state index in [0.717, 1.165) is 16.8 Å². The second-order valence-electron chi connectivity index (χ2n) is 8.38. The van der Waals surface area contributed by atoms with E-state index in [1.54, 1.807) is 23.1 Å². The van der Waals surface area contributed by atoms with E-state index >= 15 is 0 Å². The zero-order valence-electron chi connectivity index (χ0n) is 19.4. The molecule has 0 N–H and O–H groups in total. The van der Waals surface area contributed by atoms with Gasteiger partial charge in [-0.2, -0.15) is 5.26 Å². The van der Waals surface area contributed by atoms with Gasteiger partial charge in [0.15, 0.2) is 11.0 Å². The van der Waals surface area contributed by atoms with Gasteiger partial charge < -0.3 is 9.47 Å². The number of rotatable bonds is 9. The molecule has 0 atom stereocenters. The first kappa shape index (κ1) is 24.5. The molecule has 6 nitrogen and oxygen atoms in total. The fraction of sp³-hybridized carbons (Fsp3) is 0.360. The quantitative estimate of drug-likeness (QED) is 0.396. The zero-order valence-corrected chi connectivity index (χ0v) is 20.2. The predicted octanol–water partition coefficient (Wildman–Crippen LogP) is 5.40. The van der Waals surface area contributed by atoms with Crippen LogP contribution in [0.2, 0.25) is 0 Å². The molecule has 3 aromatic rings. The zero-order chi connectivity index (χ0) is 24.0. The number of hydrogen-bond donors (Lipinski definition) is 0. The molecular weight excluding hydrogens is 437 g/mol. The molecule has 0 saturated carbocycles. The number of aromatic nitrogens is 3. The molecule has 1 aromatic heterocycles. The monoisotopic (exact) mass is 465 g/mol. The largest absolute Gasteiger partial charge is 0.311 e. The number of thioether (sulfide) groups is 1. The van der Waals surface area contributed by atoms with Gasteiger partial charge in [-0.3, -0.25) is 4.79 Å². The van der Waals surface area contributed by atoms with Gasteiger partial charge in [0.05, 0.1) is 23.8 Å². The Morgan fingerprint density at radius 3 is 2.52 bits per heavy atom. The number of anilines is 1. The van der Waals surface area contributed by atoms with Crippen molar-refractivity contribution < 1.29 is 9.18 Å². The minimum absolute atomic E-state index is 0.119. The minimum Gasteiger partial charge on any atom is -0.311 e. The fourth-order valence-electron chi connectivity index (χ4n) is 3.64. The van der Waals surface area contributed by atoms with Crippen LogP contribution in [-0.2, 0) is 11.3 Å². The Bertz CT molecular complexity index is 1150. The first-order chi connectivity index (χ1) is 15.8. The molecule has 33 heavy (non-hydrogen) atoms. The average Bonchev–Trinajstić information content (AvgIpc) is 3.13. The van der Waals surface area contributed by atoms with Gasteiger partial charge >= 0.3 is 0 Å². The van der Waals surface area contributed by atoms with Crippen LogP contribution in [0.1, 0.15) is 31.4 Å². The Balaban J connectivity index is 1.85. The maximum atomic E-state index is 14.4. The molecule has 2 aromatic carbocycles. The average molecular weight is 466 g/mol. The Morgan fingerprint density at radius 1 is 1.18 bits per heavy atom. The third-order valence-electron chi connectivity index (χ3n) is 4.97. The van der Waals surface area contributed by atoms with Gasteiger partial charge in [0, 0.05) is 18.8 Å². The molecular formula is C25H28FN5OS. The fourth-order valence-corrected chi connectivity index (χ4v) is 4.46. The summed E-state index contributed by atoms with van der Waals surface area (Å²) in [5.74, 6) is 0.384. The highest BCUT2D eigenvalue weighted by atomic mass is 32.2.